The quantitative estimate of drug-likeness (QED) is 0.763. The first kappa shape index (κ1) is 16.6. The van der Waals surface area contributed by atoms with Crippen LogP contribution in [0.1, 0.15) is 16.0 Å². The van der Waals surface area contributed by atoms with Crippen molar-refractivity contribution in [2.45, 2.75) is 19.4 Å². The average molecular weight is 366 g/mol. The molecule has 0 bridgehead atoms. The number of carbonyl (C=O) groups excluding carboxylic acids is 1. The number of anilines is 1. The lowest BCUT2D eigenvalue weighted by Gasteiger charge is -2.25. The van der Waals surface area contributed by atoms with E-state index in [2.05, 4.69) is 41.5 Å². The van der Waals surface area contributed by atoms with Crippen LogP contribution >= 0.6 is 11.3 Å². The highest BCUT2D eigenvalue weighted by Crippen LogP contribution is 2.31. The van der Waals surface area contributed by atoms with Gasteiger partial charge >= 0.3 is 0 Å². The zero-order valence-electron chi connectivity index (χ0n) is 14.3. The molecule has 0 saturated carbocycles. The first-order valence-corrected chi connectivity index (χ1v) is 9.18. The van der Waals surface area contributed by atoms with Crippen molar-refractivity contribution in [1.82, 2.24) is 4.98 Å². The largest absolute Gasteiger partial charge is 0.485 e. The molecular formula is C20H18N2O3S. The number of hydrogen-bond donors (Lipinski definition) is 1. The molecule has 4 rings (SSSR count). The number of fused-ring (bicyclic) bond motifs is 1. The van der Waals surface area contributed by atoms with E-state index in [9.17, 15) is 4.79 Å². The van der Waals surface area contributed by atoms with Gasteiger partial charge < -0.3 is 9.47 Å². The molecule has 1 aromatic heterocycles. The van der Waals surface area contributed by atoms with Crippen molar-refractivity contribution in [3.63, 3.8) is 0 Å². The molecule has 1 aliphatic rings. The summed E-state index contributed by atoms with van der Waals surface area (Å²) >= 11 is 1.47. The van der Waals surface area contributed by atoms with Gasteiger partial charge in [-0.05, 0) is 24.6 Å². The van der Waals surface area contributed by atoms with Crippen molar-refractivity contribution in [3.8, 4) is 11.5 Å². The number of thiazole rings is 1. The molecule has 1 N–H and O–H groups in total. The number of carbonyl (C=O) groups is 1. The standard InChI is InChI=1S/C20H18N2O3S/c1-13-6-8-14(9-7-13)10-15-11-21-20(26-15)22-19(23)18-12-24-16-4-2-3-5-17(16)25-18/h2-9,11,18H,10,12H2,1H3,(H,21,22,23). The van der Waals surface area contributed by atoms with Gasteiger partial charge in [-0.2, -0.15) is 0 Å². The van der Waals surface area contributed by atoms with E-state index in [0.717, 1.165) is 11.3 Å². The normalized spacial score (nSPS) is 15.5. The second-order valence-electron chi connectivity index (χ2n) is 6.15. The highest BCUT2D eigenvalue weighted by Gasteiger charge is 2.27. The predicted octanol–water partition coefficient (Wildman–Crippen LogP) is 3.82. The maximum atomic E-state index is 12.4. The van der Waals surface area contributed by atoms with E-state index < -0.39 is 6.10 Å². The second-order valence-corrected chi connectivity index (χ2v) is 7.26. The van der Waals surface area contributed by atoms with Gasteiger partial charge in [0.1, 0.15) is 6.61 Å². The molecule has 1 aliphatic heterocycles. The van der Waals surface area contributed by atoms with Crippen molar-refractivity contribution in [3.05, 3.63) is 70.7 Å². The number of amides is 1. The van der Waals surface area contributed by atoms with E-state index in [-0.39, 0.29) is 12.5 Å². The van der Waals surface area contributed by atoms with Crippen LogP contribution in [-0.2, 0) is 11.2 Å². The lowest BCUT2D eigenvalue weighted by Crippen LogP contribution is -2.40. The van der Waals surface area contributed by atoms with Crippen LogP contribution in [0.25, 0.3) is 0 Å². The van der Waals surface area contributed by atoms with Crippen molar-refractivity contribution in [1.29, 1.82) is 0 Å². The van der Waals surface area contributed by atoms with Crippen LogP contribution in [0.15, 0.2) is 54.7 Å². The molecule has 132 valence electrons. The predicted molar refractivity (Wildman–Crippen MR) is 101 cm³/mol. The van der Waals surface area contributed by atoms with Gasteiger partial charge in [0.05, 0.1) is 0 Å². The Hall–Kier alpha value is -2.86. The molecule has 0 fully saturated rings. The van der Waals surface area contributed by atoms with Gasteiger partial charge in [0, 0.05) is 17.5 Å². The second kappa shape index (κ2) is 7.17. The molecule has 0 aliphatic carbocycles. The lowest BCUT2D eigenvalue weighted by molar-refractivity contribution is -0.125. The Labute approximate surface area is 155 Å². The smallest absolute Gasteiger partial charge is 0.270 e. The summed E-state index contributed by atoms with van der Waals surface area (Å²) in [5.74, 6) is 0.986. The van der Waals surface area contributed by atoms with Gasteiger partial charge in [-0.15, -0.1) is 11.3 Å². The Kier molecular flexibility index (Phi) is 4.58. The number of ether oxygens (including phenoxy) is 2. The highest BCUT2D eigenvalue weighted by atomic mass is 32.1. The van der Waals surface area contributed by atoms with Gasteiger partial charge in [0.25, 0.3) is 5.91 Å². The maximum Gasteiger partial charge on any atom is 0.270 e. The Balaban J connectivity index is 1.38. The summed E-state index contributed by atoms with van der Waals surface area (Å²) in [4.78, 5) is 17.8. The van der Waals surface area contributed by atoms with Crippen molar-refractivity contribution in [2.75, 3.05) is 11.9 Å². The van der Waals surface area contributed by atoms with Gasteiger partial charge in [0.2, 0.25) is 6.10 Å². The first-order valence-electron chi connectivity index (χ1n) is 8.37. The molecule has 0 spiro atoms. The first-order chi connectivity index (χ1) is 12.7. The van der Waals surface area contributed by atoms with Crippen LogP contribution in [0.2, 0.25) is 0 Å². The number of hydrogen-bond acceptors (Lipinski definition) is 5. The maximum absolute atomic E-state index is 12.4. The van der Waals surface area contributed by atoms with E-state index in [0.29, 0.717) is 16.6 Å². The molecule has 2 heterocycles. The Bertz CT molecular complexity index is 921. The Morgan fingerprint density at radius 1 is 1.19 bits per heavy atom. The summed E-state index contributed by atoms with van der Waals surface area (Å²) in [7, 11) is 0. The number of rotatable bonds is 4. The molecule has 26 heavy (non-hydrogen) atoms. The SMILES string of the molecule is Cc1ccc(Cc2cnc(NC(=O)C3COc4ccccc4O3)s2)cc1. The van der Waals surface area contributed by atoms with E-state index in [1.807, 2.05) is 18.2 Å². The number of nitrogens with one attached hydrogen (secondary N) is 1. The Morgan fingerprint density at radius 3 is 2.77 bits per heavy atom. The molecule has 0 saturated heterocycles. The number of para-hydroxylation sites is 2. The lowest BCUT2D eigenvalue weighted by atomic mass is 10.1. The third-order valence-electron chi connectivity index (χ3n) is 4.08. The van der Waals surface area contributed by atoms with Crippen LogP contribution in [0, 0.1) is 6.92 Å². The molecule has 0 radical (unpaired) electrons. The van der Waals surface area contributed by atoms with Gasteiger partial charge in [-0.25, -0.2) is 4.98 Å². The Morgan fingerprint density at radius 2 is 1.96 bits per heavy atom. The molecular weight excluding hydrogens is 348 g/mol. The van der Waals surface area contributed by atoms with Crippen LogP contribution < -0.4 is 14.8 Å². The van der Waals surface area contributed by atoms with Crippen LogP contribution in [-0.4, -0.2) is 23.6 Å². The molecule has 5 nitrogen and oxygen atoms in total. The molecule has 1 amide bonds. The number of aromatic nitrogens is 1. The summed E-state index contributed by atoms with van der Waals surface area (Å²) in [6, 6.07) is 15.7. The molecule has 3 aromatic rings. The minimum absolute atomic E-state index is 0.185. The van der Waals surface area contributed by atoms with E-state index in [4.69, 9.17) is 9.47 Å². The zero-order chi connectivity index (χ0) is 17.9. The zero-order valence-corrected chi connectivity index (χ0v) is 15.1. The summed E-state index contributed by atoms with van der Waals surface area (Å²) in [5.41, 5.74) is 2.46. The minimum atomic E-state index is -0.686. The minimum Gasteiger partial charge on any atom is -0.485 e. The molecule has 1 unspecified atom stereocenters. The average Bonchev–Trinajstić information content (AvgIpc) is 3.10. The molecule has 2 aromatic carbocycles. The van der Waals surface area contributed by atoms with E-state index in [1.54, 1.807) is 12.3 Å². The van der Waals surface area contributed by atoms with Gasteiger partial charge in [-0.3, -0.25) is 10.1 Å². The fraction of sp³-hybridized carbons (Fsp3) is 0.200. The van der Waals surface area contributed by atoms with Crippen LogP contribution in [0.4, 0.5) is 5.13 Å². The summed E-state index contributed by atoms with van der Waals surface area (Å²) in [5, 5.41) is 3.39. The van der Waals surface area contributed by atoms with E-state index in [1.165, 1.54) is 22.5 Å². The van der Waals surface area contributed by atoms with Gasteiger partial charge in [-0.1, -0.05) is 42.0 Å². The van der Waals surface area contributed by atoms with Crippen molar-refractivity contribution < 1.29 is 14.3 Å². The fourth-order valence-electron chi connectivity index (χ4n) is 2.69. The molecule has 6 heteroatoms. The summed E-state index contributed by atoms with van der Waals surface area (Å²) < 4.78 is 11.3. The monoisotopic (exact) mass is 366 g/mol. The highest BCUT2D eigenvalue weighted by molar-refractivity contribution is 7.15. The summed E-state index contributed by atoms with van der Waals surface area (Å²) in [6.45, 7) is 2.25. The van der Waals surface area contributed by atoms with Crippen LogP contribution in [0.3, 0.4) is 0 Å². The topological polar surface area (TPSA) is 60.5 Å². The van der Waals surface area contributed by atoms with Crippen molar-refractivity contribution >= 4 is 22.4 Å². The van der Waals surface area contributed by atoms with Crippen LogP contribution in [0.5, 0.6) is 11.5 Å². The van der Waals surface area contributed by atoms with Crippen molar-refractivity contribution in [2.24, 2.45) is 0 Å². The fourth-order valence-corrected chi connectivity index (χ4v) is 3.54. The number of benzene rings is 2. The third-order valence-corrected chi connectivity index (χ3v) is 5.00. The summed E-state index contributed by atoms with van der Waals surface area (Å²) in [6.07, 6.45) is 1.91. The molecule has 1 atom stereocenters. The van der Waals surface area contributed by atoms with E-state index >= 15 is 0 Å². The third kappa shape index (κ3) is 3.70. The number of aryl methyl sites for hydroxylation is 1. The number of nitrogens with zero attached hydrogens (tertiary/aromatic N) is 1. The van der Waals surface area contributed by atoms with Gasteiger partial charge in [0.15, 0.2) is 16.6 Å².